The van der Waals surface area contributed by atoms with Crippen LogP contribution in [0.3, 0.4) is 0 Å². The van der Waals surface area contributed by atoms with Gasteiger partial charge in [0.25, 0.3) is 0 Å². The summed E-state index contributed by atoms with van der Waals surface area (Å²) in [6.07, 6.45) is 0. The summed E-state index contributed by atoms with van der Waals surface area (Å²) >= 11 is 0. The molecule has 2 heterocycles. The molecule has 34 heavy (non-hydrogen) atoms. The number of amides is 2. The molecule has 2 aromatic carbocycles. The van der Waals surface area contributed by atoms with Crippen LogP contribution in [0.4, 0.5) is 20.2 Å². The second-order valence-corrected chi connectivity index (χ2v) is 8.59. The molecule has 1 saturated carbocycles. The van der Waals surface area contributed by atoms with Crippen LogP contribution in [0.5, 0.6) is 0 Å². The first kappa shape index (κ1) is 22.0. The quantitative estimate of drug-likeness (QED) is 0.626. The molecule has 176 valence electrons. The summed E-state index contributed by atoms with van der Waals surface area (Å²) < 4.78 is 39.1. The smallest absolute Gasteiger partial charge is 0.336 e. The highest BCUT2D eigenvalue weighted by atomic mass is 19.1. The van der Waals surface area contributed by atoms with Crippen molar-refractivity contribution in [3.8, 4) is 0 Å². The first-order valence-corrected chi connectivity index (χ1v) is 10.5. The fourth-order valence-corrected chi connectivity index (χ4v) is 6.52. The van der Waals surface area contributed by atoms with Gasteiger partial charge in [0.15, 0.2) is 11.1 Å². The number of carbonyl (C=O) groups excluding carboxylic acids is 4. The van der Waals surface area contributed by atoms with Crippen molar-refractivity contribution in [3.63, 3.8) is 0 Å². The zero-order chi connectivity index (χ0) is 24.7. The van der Waals surface area contributed by atoms with Crippen molar-refractivity contribution >= 4 is 35.1 Å². The lowest BCUT2D eigenvalue weighted by atomic mass is 9.45. The van der Waals surface area contributed by atoms with Crippen molar-refractivity contribution in [1.82, 2.24) is 0 Å². The molecule has 2 aliphatic heterocycles. The summed E-state index contributed by atoms with van der Waals surface area (Å²) in [5.74, 6) is -6.51. The molecule has 0 bridgehead atoms. The van der Waals surface area contributed by atoms with Crippen LogP contribution in [0.1, 0.15) is 36.8 Å². The zero-order valence-corrected chi connectivity index (χ0v) is 18.7. The van der Waals surface area contributed by atoms with E-state index in [2.05, 4.69) is 0 Å². The Kier molecular flexibility index (Phi) is 4.43. The number of nitrogens with zero attached hydrogens (tertiary/aromatic N) is 2. The molecule has 0 saturated heterocycles. The van der Waals surface area contributed by atoms with Gasteiger partial charge in [0.05, 0.1) is 14.2 Å². The molecule has 10 heteroatoms. The standard InChI is InChI=1S/C24H20F2N2O6/c1-11(29)27-17-7-5-13(25)9-15(17)19-20-16-10-14(26)6-8-18(16)28(12(2)30)24(20,22(32)34-4)23(19,27)21(31)33-3/h5-10,19-20H,1-4H3/t19?,20?,23-,24-/m0/s1. The van der Waals surface area contributed by atoms with Crippen LogP contribution in [-0.4, -0.2) is 49.1 Å². The lowest BCUT2D eigenvalue weighted by molar-refractivity contribution is -0.175. The minimum absolute atomic E-state index is 0.198. The molecule has 1 aliphatic carbocycles. The number of ether oxygens (including phenoxy) is 2. The number of fused-ring (bicyclic) bond motifs is 8. The van der Waals surface area contributed by atoms with E-state index in [0.717, 1.165) is 36.2 Å². The summed E-state index contributed by atoms with van der Waals surface area (Å²) in [6, 6.07) is 7.28. The molecule has 2 unspecified atom stereocenters. The molecule has 2 aromatic rings. The van der Waals surface area contributed by atoms with Gasteiger partial charge >= 0.3 is 11.9 Å². The van der Waals surface area contributed by atoms with Crippen molar-refractivity contribution in [3.05, 3.63) is 59.2 Å². The van der Waals surface area contributed by atoms with Gasteiger partial charge in [0.2, 0.25) is 11.8 Å². The van der Waals surface area contributed by atoms with Crippen LogP contribution in [0.25, 0.3) is 0 Å². The van der Waals surface area contributed by atoms with Crippen LogP contribution in [0, 0.1) is 11.6 Å². The Morgan fingerprint density at radius 1 is 0.735 bits per heavy atom. The Balaban J connectivity index is 1.97. The van der Waals surface area contributed by atoms with E-state index in [1.165, 1.54) is 38.1 Å². The van der Waals surface area contributed by atoms with Crippen molar-refractivity contribution in [2.24, 2.45) is 0 Å². The fraction of sp³-hybridized carbons (Fsp3) is 0.333. The van der Waals surface area contributed by atoms with E-state index in [-0.39, 0.29) is 22.5 Å². The van der Waals surface area contributed by atoms with Gasteiger partial charge in [-0.15, -0.1) is 0 Å². The summed E-state index contributed by atoms with van der Waals surface area (Å²) in [5.41, 5.74) is -3.28. The summed E-state index contributed by atoms with van der Waals surface area (Å²) in [5, 5.41) is 0. The number of rotatable bonds is 2. The van der Waals surface area contributed by atoms with Gasteiger partial charge in [-0.3, -0.25) is 19.4 Å². The second-order valence-electron chi connectivity index (χ2n) is 8.59. The molecule has 8 nitrogen and oxygen atoms in total. The van der Waals surface area contributed by atoms with E-state index in [4.69, 9.17) is 9.47 Å². The summed E-state index contributed by atoms with van der Waals surface area (Å²) in [4.78, 5) is 55.7. The van der Waals surface area contributed by atoms with Crippen molar-refractivity contribution < 1.29 is 37.4 Å². The van der Waals surface area contributed by atoms with Crippen LogP contribution in [0.15, 0.2) is 36.4 Å². The van der Waals surface area contributed by atoms with Gasteiger partial charge in [0.1, 0.15) is 11.6 Å². The topological polar surface area (TPSA) is 93.2 Å². The molecular weight excluding hydrogens is 450 g/mol. The molecule has 5 rings (SSSR count). The third-order valence-electron chi connectivity index (χ3n) is 7.27. The Morgan fingerprint density at radius 2 is 1.09 bits per heavy atom. The maximum Gasteiger partial charge on any atom is 0.336 e. The minimum Gasteiger partial charge on any atom is -0.467 e. The third-order valence-corrected chi connectivity index (χ3v) is 7.27. The maximum absolute atomic E-state index is 14.4. The number of benzene rings is 2. The number of halogens is 2. The molecule has 1 fully saturated rings. The van der Waals surface area contributed by atoms with Crippen LogP contribution in [-0.2, 0) is 28.7 Å². The number of carbonyl (C=O) groups is 4. The molecule has 0 spiro atoms. The van der Waals surface area contributed by atoms with E-state index >= 15 is 0 Å². The highest BCUT2D eigenvalue weighted by Crippen LogP contribution is 2.76. The molecule has 2 amide bonds. The zero-order valence-electron chi connectivity index (χ0n) is 18.7. The minimum atomic E-state index is -2.11. The SMILES string of the molecule is COC(=O)[C@]12C(c3cc(F)ccc3N1C(C)=O)C1c3cc(F)ccc3N(C(C)=O)[C@]12C(=O)OC. The molecule has 0 N–H and O–H groups in total. The van der Waals surface area contributed by atoms with Crippen LogP contribution >= 0.6 is 0 Å². The van der Waals surface area contributed by atoms with E-state index < -0.39 is 58.3 Å². The molecule has 4 atom stereocenters. The number of hydrogen-bond donors (Lipinski definition) is 0. The van der Waals surface area contributed by atoms with Crippen molar-refractivity contribution in [1.29, 1.82) is 0 Å². The fourth-order valence-electron chi connectivity index (χ4n) is 6.52. The largest absolute Gasteiger partial charge is 0.467 e. The number of esters is 2. The Morgan fingerprint density at radius 3 is 1.38 bits per heavy atom. The predicted octanol–water partition coefficient (Wildman–Crippen LogP) is 2.40. The van der Waals surface area contributed by atoms with Gasteiger partial charge in [-0.2, -0.15) is 0 Å². The normalized spacial score (nSPS) is 27.7. The van der Waals surface area contributed by atoms with E-state index in [9.17, 15) is 28.0 Å². The monoisotopic (exact) mass is 470 g/mol. The maximum atomic E-state index is 14.4. The van der Waals surface area contributed by atoms with E-state index in [0.29, 0.717) is 0 Å². The van der Waals surface area contributed by atoms with Crippen molar-refractivity contribution in [2.75, 3.05) is 24.0 Å². The van der Waals surface area contributed by atoms with Crippen molar-refractivity contribution in [2.45, 2.75) is 36.8 Å². The molecule has 0 radical (unpaired) electrons. The average molecular weight is 470 g/mol. The molecular formula is C24H20F2N2O6. The van der Waals surface area contributed by atoms with Gasteiger partial charge in [-0.25, -0.2) is 18.4 Å². The van der Waals surface area contributed by atoms with Gasteiger partial charge in [0, 0.05) is 37.1 Å². The average Bonchev–Trinajstić information content (AvgIpc) is 3.19. The van der Waals surface area contributed by atoms with Gasteiger partial charge in [-0.05, 0) is 47.5 Å². The highest BCUT2D eigenvalue weighted by Gasteiger charge is 2.90. The number of anilines is 2. The third kappa shape index (κ3) is 2.12. The summed E-state index contributed by atoms with van der Waals surface area (Å²) in [7, 11) is 2.18. The molecule has 3 aliphatic rings. The van der Waals surface area contributed by atoms with Gasteiger partial charge in [-0.1, -0.05) is 0 Å². The first-order chi connectivity index (χ1) is 16.1. The predicted molar refractivity (Wildman–Crippen MR) is 114 cm³/mol. The Bertz CT molecular complexity index is 1210. The Labute approximate surface area is 193 Å². The van der Waals surface area contributed by atoms with Crippen LogP contribution in [0.2, 0.25) is 0 Å². The van der Waals surface area contributed by atoms with E-state index in [1.54, 1.807) is 0 Å². The first-order valence-electron chi connectivity index (χ1n) is 10.5. The molecule has 0 aromatic heterocycles. The second kappa shape index (κ2) is 6.85. The lowest BCUT2D eigenvalue weighted by Gasteiger charge is -2.63. The van der Waals surface area contributed by atoms with Gasteiger partial charge < -0.3 is 9.47 Å². The highest BCUT2D eigenvalue weighted by molar-refractivity contribution is 6.19. The van der Waals surface area contributed by atoms with Crippen LogP contribution < -0.4 is 9.80 Å². The lowest BCUT2D eigenvalue weighted by Crippen LogP contribution is -2.87. The Hall–Kier alpha value is -3.82. The summed E-state index contributed by atoms with van der Waals surface area (Å²) in [6.45, 7) is 2.39. The number of methoxy groups -OCH3 is 2. The number of hydrogen-bond acceptors (Lipinski definition) is 6. The van der Waals surface area contributed by atoms with E-state index in [1.807, 2.05) is 0 Å².